The monoisotopic (exact) mass is 225 g/mol. The first-order valence-electron chi connectivity index (χ1n) is 5.67. The van der Waals surface area contributed by atoms with Crippen molar-refractivity contribution in [2.75, 3.05) is 13.1 Å². The maximum atomic E-state index is 5.64. The number of rotatable bonds is 4. The van der Waals surface area contributed by atoms with Gasteiger partial charge in [0.05, 0.1) is 5.01 Å². The van der Waals surface area contributed by atoms with E-state index in [1.807, 2.05) is 17.5 Å². The van der Waals surface area contributed by atoms with Crippen LogP contribution in [0.1, 0.15) is 35.6 Å². The molecular weight excluding hydrogens is 206 g/mol. The highest BCUT2D eigenvalue weighted by atomic mass is 32.1. The summed E-state index contributed by atoms with van der Waals surface area (Å²) in [7, 11) is 0. The first-order chi connectivity index (χ1) is 7.29. The molecule has 0 aliphatic carbocycles. The molecule has 0 saturated carbocycles. The fourth-order valence-corrected chi connectivity index (χ4v) is 2.97. The molecule has 1 aromatic rings. The van der Waals surface area contributed by atoms with Gasteiger partial charge in [0.25, 0.3) is 0 Å². The van der Waals surface area contributed by atoms with E-state index in [4.69, 9.17) is 5.73 Å². The predicted octanol–water partition coefficient (Wildman–Crippen LogP) is 1.50. The minimum Gasteiger partial charge on any atom is -0.330 e. The van der Waals surface area contributed by atoms with Gasteiger partial charge >= 0.3 is 0 Å². The lowest BCUT2D eigenvalue weighted by atomic mass is 10.1. The number of aromatic nitrogens is 1. The second-order valence-corrected chi connectivity index (χ2v) is 5.44. The normalized spacial score (nSPS) is 23.2. The summed E-state index contributed by atoms with van der Waals surface area (Å²) in [4.78, 5) is 5.80. The Kier molecular flexibility index (Phi) is 3.72. The number of thiazole rings is 1. The Hall–Kier alpha value is -0.450. The maximum Gasteiger partial charge on any atom is 0.0943 e. The molecule has 1 aromatic heterocycles. The second-order valence-electron chi connectivity index (χ2n) is 4.29. The standard InChI is InChI=1S/C11H19N3S/c1-8(6-12)10-7-14-11(15-10)5-9-3-2-4-13-9/h7-9,13H,2-6,12H2,1H3. The van der Waals surface area contributed by atoms with Crippen LogP contribution in [-0.2, 0) is 6.42 Å². The van der Waals surface area contributed by atoms with Crippen molar-refractivity contribution in [3.8, 4) is 0 Å². The van der Waals surface area contributed by atoms with E-state index in [1.54, 1.807) is 0 Å². The SMILES string of the molecule is CC(CN)c1cnc(CC2CCCN2)s1. The van der Waals surface area contributed by atoms with Crippen LogP contribution in [0.4, 0.5) is 0 Å². The maximum absolute atomic E-state index is 5.64. The molecule has 0 radical (unpaired) electrons. The number of nitrogens with two attached hydrogens (primary N) is 1. The summed E-state index contributed by atoms with van der Waals surface area (Å²) in [5.74, 6) is 0.452. The van der Waals surface area contributed by atoms with E-state index in [1.165, 1.54) is 29.3 Å². The van der Waals surface area contributed by atoms with Crippen molar-refractivity contribution >= 4 is 11.3 Å². The Bertz CT molecular complexity index is 305. The lowest BCUT2D eigenvalue weighted by Gasteiger charge is -2.06. The third kappa shape index (κ3) is 2.77. The molecule has 1 fully saturated rings. The van der Waals surface area contributed by atoms with Crippen LogP contribution in [0.3, 0.4) is 0 Å². The molecule has 3 N–H and O–H groups in total. The van der Waals surface area contributed by atoms with Crippen molar-refractivity contribution in [1.82, 2.24) is 10.3 Å². The van der Waals surface area contributed by atoms with Gasteiger partial charge in [0.2, 0.25) is 0 Å². The third-order valence-electron chi connectivity index (χ3n) is 2.99. The van der Waals surface area contributed by atoms with Gasteiger partial charge in [-0.25, -0.2) is 4.98 Å². The van der Waals surface area contributed by atoms with Crippen LogP contribution in [0, 0.1) is 0 Å². The Labute approximate surface area is 95.1 Å². The highest BCUT2D eigenvalue weighted by Crippen LogP contribution is 2.23. The molecule has 3 nitrogen and oxygen atoms in total. The lowest BCUT2D eigenvalue weighted by molar-refractivity contribution is 0.601. The molecule has 1 saturated heterocycles. The summed E-state index contributed by atoms with van der Waals surface area (Å²) in [5.41, 5.74) is 5.64. The number of hydrogen-bond acceptors (Lipinski definition) is 4. The van der Waals surface area contributed by atoms with E-state index < -0.39 is 0 Å². The molecule has 1 aliphatic heterocycles. The summed E-state index contributed by atoms with van der Waals surface area (Å²) in [5, 5.41) is 4.75. The minimum atomic E-state index is 0.452. The number of nitrogens with zero attached hydrogens (tertiary/aromatic N) is 1. The molecule has 15 heavy (non-hydrogen) atoms. The van der Waals surface area contributed by atoms with Crippen LogP contribution < -0.4 is 11.1 Å². The quantitative estimate of drug-likeness (QED) is 0.816. The number of hydrogen-bond donors (Lipinski definition) is 2. The Morgan fingerprint density at radius 2 is 2.60 bits per heavy atom. The highest BCUT2D eigenvalue weighted by Gasteiger charge is 2.16. The van der Waals surface area contributed by atoms with E-state index in [0.29, 0.717) is 18.5 Å². The largest absolute Gasteiger partial charge is 0.330 e. The van der Waals surface area contributed by atoms with E-state index in [2.05, 4.69) is 17.2 Å². The van der Waals surface area contributed by atoms with Crippen molar-refractivity contribution < 1.29 is 0 Å². The zero-order valence-electron chi connectivity index (χ0n) is 9.20. The lowest BCUT2D eigenvalue weighted by Crippen LogP contribution is -2.23. The van der Waals surface area contributed by atoms with Gasteiger partial charge in [0, 0.05) is 29.5 Å². The van der Waals surface area contributed by atoms with Crippen LogP contribution in [0.15, 0.2) is 6.20 Å². The van der Waals surface area contributed by atoms with Gasteiger partial charge in [0.1, 0.15) is 0 Å². The first kappa shape index (κ1) is 11.0. The molecule has 0 amide bonds. The van der Waals surface area contributed by atoms with Crippen molar-refractivity contribution in [2.24, 2.45) is 5.73 Å². The van der Waals surface area contributed by atoms with Crippen LogP contribution in [-0.4, -0.2) is 24.1 Å². The molecule has 0 bridgehead atoms. The van der Waals surface area contributed by atoms with Gasteiger partial charge in [-0.1, -0.05) is 6.92 Å². The smallest absolute Gasteiger partial charge is 0.0943 e. The van der Waals surface area contributed by atoms with Crippen LogP contribution >= 0.6 is 11.3 Å². The fourth-order valence-electron chi connectivity index (χ4n) is 1.90. The average Bonchev–Trinajstić information content (AvgIpc) is 2.88. The Balaban J connectivity index is 1.94. The molecule has 1 aliphatic rings. The van der Waals surface area contributed by atoms with Gasteiger partial charge < -0.3 is 11.1 Å². The van der Waals surface area contributed by atoms with Crippen molar-refractivity contribution in [1.29, 1.82) is 0 Å². The molecule has 0 aromatic carbocycles. The van der Waals surface area contributed by atoms with Crippen molar-refractivity contribution in [3.63, 3.8) is 0 Å². The predicted molar refractivity (Wildman–Crippen MR) is 64.3 cm³/mol. The Morgan fingerprint density at radius 1 is 1.73 bits per heavy atom. The number of nitrogens with one attached hydrogen (secondary N) is 1. The summed E-state index contributed by atoms with van der Waals surface area (Å²) in [6, 6.07) is 0.650. The van der Waals surface area contributed by atoms with Crippen LogP contribution in [0.2, 0.25) is 0 Å². The molecule has 2 atom stereocenters. The molecule has 4 heteroatoms. The van der Waals surface area contributed by atoms with Crippen LogP contribution in [0.5, 0.6) is 0 Å². The summed E-state index contributed by atoms with van der Waals surface area (Å²) >= 11 is 1.82. The zero-order valence-corrected chi connectivity index (χ0v) is 10.0. The van der Waals surface area contributed by atoms with Gasteiger partial charge in [-0.2, -0.15) is 0 Å². The zero-order chi connectivity index (χ0) is 10.7. The Morgan fingerprint density at radius 3 is 3.27 bits per heavy atom. The van der Waals surface area contributed by atoms with Crippen molar-refractivity contribution in [2.45, 2.75) is 38.1 Å². The van der Waals surface area contributed by atoms with E-state index in [9.17, 15) is 0 Å². The summed E-state index contributed by atoms with van der Waals surface area (Å²) in [6.45, 7) is 4.04. The highest BCUT2D eigenvalue weighted by molar-refractivity contribution is 7.11. The van der Waals surface area contributed by atoms with Gasteiger partial charge in [-0.3, -0.25) is 0 Å². The van der Waals surface area contributed by atoms with Crippen LogP contribution in [0.25, 0.3) is 0 Å². The topological polar surface area (TPSA) is 50.9 Å². The van der Waals surface area contributed by atoms with E-state index in [-0.39, 0.29) is 0 Å². The minimum absolute atomic E-state index is 0.452. The van der Waals surface area contributed by atoms with Gasteiger partial charge in [-0.05, 0) is 25.9 Å². The first-order valence-corrected chi connectivity index (χ1v) is 6.49. The summed E-state index contributed by atoms with van der Waals surface area (Å²) in [6.07, 6.45) is 5.68. The molecule has 2 heterocycles. The molecule has 2 rings (SSSR count). The fraction of sp³-hybridized carbons (Fsp3) is 0.727. The van der Waals surface area contributed by atoms with Gasteiger partial charge in [-0.15, -0.1) is 11.3 Å². The average molecular weight is 225 g/mol. The molecule has 84 valence electrons. The second kappa shape index (κ2) is 5.05. The molecule has 2 unspecified atom stereocenters. The van der Waals surface area contributed by atoms with Crippen molar-refractivity contribution in [3.05, 3.63) is 16.1 Å². The van der Waals surface area contributed by atoms with E-state index in [0.717, 1.165) is 6.42 Å². The molecule has 0 spiro atoms. The molecular formula is C11H19N3S. The third-order valence-corrected chi connectivity index (χ3v) is 4.25. The summed E-state index contributed by atoms with van der Waals surface area (Å²) < 4.78 is 0. The van der Waals surface area contributed by atoms with Gasteiger partial charge in [0.15, 0.2) is 0 Å². The van der Waals surface area contributed by atoms with E-state index >= 15 is 0 Å².